The zero-order valence-electron chi connectivity index (χ0n) is 8.60. The lowest BCUT2D eigenvalue weighted by molar-refractivity contribution is 0.637. The van der Waals surface area contributed by atoms with E-state index in [2.05, 4.69) is 16.8 Å². The van der Waals surface area contributed by atoms with Crippen molar-refractivity contribution < 1.29 is 4.39 Å². The molecular weight excluding hydrogens is 189 g/mol. The number of fused-ring (bicyclic) bond motifs is 1. The molecule has 0 aliphatic carbocycles. The number of aryl methyl sites for hydroxylation is 1. The SMILES string of the molecule is CC#CCCc1c[nH]c2c(F)cccc12. The molecule has 2 rings (SSSR count). The van der Waals surface area contributed by atoms with Crippen LogP contribution in [0.4, 0.5) is 4.39 Å². The zero-order chi connectivity index (χ0) is 10.7. The number of aromatic nitrogens is 1. The van der Waals surface area contributed by atoms with Crippen molar-refractivity contribution in [1.82, 2.24) is 4.98 Å². The Morgan fingerprint density at radius 2 is 2.27 bits per heavy atom. The van der Waals surface area contributed by atoms with Crippen LogP contribution in [0.1, 0.15) is 18.9 Å². The predicted molar refractivity (Wildman–Crippen MR) is 60.0 cm³/mol. The van der Waals surface area contributed by atoms with E-state index in [4.69, 9.17) is 0 Å². The molecule has 0 saturated heterocycles. The molecule has 1 N–H and O–H groups in total. The van der Waals surface area contributed by atoms with Gasteiger partial charge < -0.3 is 4.98 Å². The third-order valence-electron chi connectivity index (χ3n) is 2.45. The topological polar surface area (TPSA) is 15.8 Å². The standard InChI is InChI=1S/C13H12FN/c1-2-3-4-6-10-9-15-13-11(10)7-5-8-12(13)14/h5,7-9,15H,4,6H2,1H3. The van der Waals surface area contributed by atoms with Crippen molar-refractivity contribution in [3.05, 3.63) is 35.8 Å². The Morgan fingerprint density at radius 3 is 3.07 bits per heavy atom. The van der Waals surface area contributed by atoms with E-state index >= 15 is 0 Å². The van der Waals surface area contributed by atoms with Crippen molar-refractivity contribution in [2.45, 2.75) is 19.8 Å². The number of halogens is 1. The molecule has 0 atom stereocenters. The second kappa shape index (κ2) is 4.18. The molecule has 15 heavy (non-hydrogen) atoms. The molecule has 0 aliphatic rings. The van der Waals surface area contributed by atoms with E-state index in [1.165, 1.54) is 6.07 Å². The molecule has 76 valence electrons. The highest BCUT2D eigenvalue weighted by Gasteiger charge is 2.05. The Bertz CT molecular complexity index is 528. The molecule has 2 aromatic rings. The van der Waals surface area contributed by atoms with Crippen LogP contribution < -0.4 is 0 Å². The van der Waals surface area contributed by atoms with Gasteiger partial charge in [-0.1, -0.05) is 12.1 Å². The van der Waals surface area contributed by atoms with Crippen molar-refractivity contribution in [3.8, 4) is 11.8 Å². The molecule has 2 heteroatoms. The van der Waals surface area contributed by atoms with Gasteiger partial charge in [-0.25, -0.2) is 4.39 Å². The minimum Gasteiger partial charge on any atom is -0.359 e. The second-order valence-electron chi connectivity index (χ2n) is 3.40. The number of hydrogen-bond acceptors (Lipinski definition) is 0. The monoisotopic (exact) mass is 201 g/mol. The minimum absolute atomic E-state index is 0.194. The number of rotatable bonds is 2. The number of para-hydroxylation sites is 1. The van der Waals surface area contributed by atoms with E-state index in [0.29, 0.717) is 5.52 Å². The Hall–Kier alpha value is -1.75. The average Bonchev–Trinajstić information content (AvgIpc) is 2.64. The fourth-order valence-electron chi connectivity index (χ4n) is 1.70. The molecule has 0 spiro atoms. The lowest BCUT2D eigenvalue weighted by Crippen LogP contribution is -1.81. The van der Waals surface area contributed by atoms with E-state index in [1.54, 1.807) is 6.07 Å². The van der Waals surface area contributed by atoms with E-state index in [0.717, 1.165) is 23.8 Å². The molecule has 0 saturated carbocycles. The summed E-state index contributed by atoms with van der Waals surface area (Å²) < 4.78 is 13.3. The molecule has 1 aromatic heterocycles. The van der Waals surface area contributed by atoms with Crippen LogP contribution in [0.3, 0.4) is 0 Å². The second-order valence-corrected chi connectivity index (χ2v) is 3.40. The summed E-state index contributed by atoms with van der Waals surface area (Å²) in [6.07, 6.45) is 3.55. The first kappa shape index (κ1) is 9.79. The van der Waals surface area contributed by atoms with Gasteiger partial charge in [-0.05, 0) is 25.0 Å². The van der Waals surface area contributed by atoms with Crippen molar-refractivity contribution in [1.29, 1.82) is 0 Å². The quantitative estimate of drug-likeness (QED) is 0.718. The van der Waals surface area contributed by atoms with Crippen LogP contribution in [0.25, 0.3) is 10.9 Å². The highest BCUT2D eigenvalue weighted by molar-refractivity contribution is 5.83. The summed E-state index contributed by atoms with van der Waals surface area (Å²) in [5.74, 6) is 5.67. The van der Waals surface area contributed by atoms with Gasteiger partial charge in [0.15, 0.2) is 0 Å². The summed E-state index contributed by atoms with van der Waals surface area (Å²) in [5.41, 5.74) is 1.73. The van der Waals surface area contributed by atoms with Gasteiger partial charge in [-0.3, -0.25) is 0 Å². The molecule has 1 heterocycles. The molecule has 1 nitrogen and oxygen atoms in total. The average molecular weight is 201 g/mol. The van der Waals surface area contributed by atoms with Gasteiger partial charge in [0.25, 0.3) is 0 Å². The van der Waals surface area contributed by atoms with Gasteiger partial charge in [0, 0.05) is 18.0 Å². The van der Waals surface area contributed by atoms with Crippen molar-refractivity contribution >= 4 is 10.9 Å². The maximum atomic E-state index is 13.3. The summed E-state index contributed by atoms with van der Waals surface area (Å²) in [5, 5.41) is 0.966. The van der Waals surface area contributed by atoms with E-state index in [1.807, 2.05) is 19.2 Å². The summed E-state index contributed by atoms with van der Waals surface area (Å²) in [7, 11) is 0. The predicted octanol–water partition coefficient (Wildman–Crippen LogP) is 3.26. The Morgan fingerprint density at radius 1 is 1.40 bits per heavy atom. The first-order chi connectivity index (χ1) is 7.33. The molecule has 0 bridgehead atoms. The van der Waals surface area contributed by atoms with Crippen LogP contribution in [-0.2, 0) is 6.42 Å². The molecule has 0 fully saturated rings. The summed E-state index contributed by atoms with van der Waals surface area (Å²) >= 11 is 0. The maximum absolute atomic E-state index is 13.3. The molecular formula is C13H12FN. The van der Waals surface area contributed by atoms with Crippen molar-refractivity contribution in [2.24, 2.45) is 0 Å². The van der Waals surface area contributed by atoms with Crippen LogP contribution >= 0.6 is 0 Å². The number of nitrogens with one attached hydrogen (secondary N) is 1. The minimum atomic E-state index is -0.194. The number of H-pyrrole nitrogens is 1. The zero-order valence-corrected chi connectivity index (χ0v) is 8.60. The highest BCUT2D eigenvalue weighted by atomic mass is 19.1. The Kier molecular flexibility index (Phi) is 2.73. The van der Waals surface area contributed by atoms with Crippen LogP contribution in [0.5, 0.6) is 0 Å². The third-order valence-corrected chi connectivity index (χ3v) is 2.45. The van der Waals surface area contributed by atoms with Crippen molar-refractivity contribution in [3.63, 3.8) is 0 Å². The summed E-state index contributed by atoms with van der Waals surface area (Å²) in [6.45, 7) is 1.83. The largest absolute Gasteiger partial charge is 0.359 e. The van der Waals surface area contributed by atoms with Gasteiger partial charge in [0.1, 0.15) is 5.82 Å². The van der Waals surface area contributed by atoms with Crippen molar-refractivity contribution in [2.75, 3.05) is 0 Å². The van der Waals surface area contributed by atoms with Gasteiger partial charge >= 0.3 is 0 Å². The van der Waals surface area contributed by atoms with Gasteiger partial charge in [-0.15, -0.1) is 11.8 Å². The van der Waals surface area contributed by atoms with Gasteiger partial charge in [0.05, 0.1) is 5.52 Å². The van der Waals surface area contributed by atoms with Gasteiger partial charge in [0.2, 0.25) is 0 Å². The van der Waals surface area contributed by atoms with Gasteiger partial charge in [-0.2, -0.15) is 0 Å². The van der Waals surface area contributed by atoms with Crippen LogP contribution in [0.15, 0.2) is 24.4 Å². The molecule has 0 unspecified atom stereocenters. The Balaban J connectivity index is 2.35. The fourth-order valence-corrected chi connectivity index (χ4v) is 1.70. The molecule has 0 radical (unpaired) electrons. The highest BCUT2D eigenvalue weighted by Crippen LogP contribution is 2.21. The van der Waals surface area contributed by atoms with E-state index in [9.17, 15) is 4.39 Å². The fraction of sp³-hybridized carbons (Fsp3) is 0.231. The molecule has 0 amide bonds. The number of benzene rings is 1. The lowest BCUT2D eigenvalue weighted by Gasteiger charge is -1.95. The summed E-state index contributed by atoms with van der Waals surface area (Å²) in [4.78, 5) is 2.96. The lowest BCUT2D eigenvalue weighted by atomic mass is 10.1. The van der Waals surface area contributed by atoms with Crippen LogP contribution in [-0.4, -0.2) is 4.98 Å². The molecule has 0 aliphatic heterocycles. The smallest absolute Gasteiger partial charge is 0.147 e. The summed E-state index contributed by atoms with van der Waals surface area (Å²) in [6, 6.07) is 5.14. The first-order valence-electron chi connectivity index (χ1n) is 4.97. The third kappa shape index (κ3) is 1.87. The van der Waals surface area contributed by atoms with Crippen LogP contribution in [0, 0.1) is 17.7 Å². The van der Waals surface area contributed by atoms with E-state index in [-0.39, 0.29) is 5.82 Å². The number of hydrogen-bond donors (Lipinski definition) is 1. The Labute approximate surface area is 88.3 Å². The maximum Gasteiger partial charge on any atom is 0.147 e. The van der Waals surface area contributed by atoms with Crippen LogP contribution in [0.2, 0.25) is 0 Å². The van der Waals surface area contributed by atoms with E-state index < -0.39 is 0 Å². The number of aromatic amines is 1. The molecule has 1 aromatic carbocycles. The first-order valence-corrected chi connectivity index (χ1v) is 4.97. The normalized spacial score (nSPS) is 10.0.